The monoisotopic (exact) mass is 279 g/mol. The van der Waals surface area contributed by atoms with Crippen molar-refractivity contribution in [2.45, 2.75) is 56.5 Å². The zero-order valence-electron chi connectivity index (χ0n) is 12.7. The number of hydrogen-bond donors (Lipinski definition) is 0. The van der Waals surface area contributed by atoms with E-state index >= 15 is 0 Å². The second kappa shape index (κ2) is 3.55. The van der Waals surface area contributed by atoms with Crippen LogP contribution in [0.15, 0.2) is 41.2 Å². The predicted molar refractivity (Wildman–Crippen MR) is 83.7 cm³/mol. The molecule has 3 aliphatic heterocycles. The van der Waals surface area contributed by atoms with E-state index in [0.717, 1.165) is 0 Å². The third kappa shape index (κ3) is 1.14. The Hall–Kier alpha value is -1.70. The molecule has 8 rings (SSSR count). The van der Waals surface area contributed by atoms with Gasteiger partial charge in [0.25, 0.3) is 0 Å². The number of nitrogens with zero attached hydrogens (tertiary/aromatic N) is 1. The van der Waals surface area contributed by atoms with E-state index in [9.17, 15) is 0 Å². The van der Waals surface area contributed by atoms with Gasteiger partial charge in [0.2, 0.25) is 0 Å². The molecule has 1 atom stereocenters. The van der Waals surface area contributed by atoms with E-state index in [1.165, 1.54) is 48.1 Å². The van der Waals surface area contributed by atoms with Crippen LogP contribution in [0.25, 0.3) is 0 Å². The molecule has 3 aliphatic carbocycles. The molecular weight excluding hydrogens is 258 g/mol. The van der Waals surface area contributed by atoms with Gasteiger partial charge in [-0.1, -0.05) is 18.2 Å². The third-order valence-corrected chi connectivity index (χ3v) is 6.69. The molecule has 0 radical (unpaired) electrons. The molecule has 0 spiro atoms. The third-order valence-electron chi connectivity index (χ3n) is 6.69. The maximum absolute atomic E-state index is 5.65. The van der Waals surface area contributed by atoms with Crippen LogP contribution in [-0.4, -0.2) is 6.04 Å². The molecule has 6 aliphatic rings. The lowest BCUT2D eigenvalue weighted by Crippen LogP contribution is -2.71. The van der Waals surface area contributed by atoms with E-state index < -0.39 is 0 Å². The Balaban J connectivity index is 1.80. The highest BCUT2D eigenvalue weighted by molar-refractivity contribution is 5.65. The zero-order valence-corrected chi connectivity index (χ0v) is 12.7. The van der Waals surface area contributed by atoms with Gasteiger partial charge < -0.3 is 9.32 Å². The smallest absolute Gasteiger partial charge is 0.0961 e. The number of hydrogen-bond acceptors (Lipinski definition) is 2. The lowest BCUT2D eigenvalue weighted by atomic mass is 9.48. The van der Waals surface area contributed by atoms with Crippen molar-refractivity contribution in [2.75, 3.05) is 4.90 Å². The number of benzene rings is 1. The lowest BCUT2D eigenvalue weighted by Gasteiger charge is -2.69. The number of furan rings is 1. The fraction of sp³-hybridized carbons (Fsp3) is 0.474. The summed E-state index contributed by atoms with van der Waals surface area (Å²) in [6, 6.07) is 9.42. The normalized spacial score (nSPS) is 36.1. The maximum Gasteiger partial charge on any atom is 0.0961 e. The first-order chi connectivity index (χ1) is 10.2. The van der Waals surface area contributed by atoms with Crippen LogP contribution in [0.2, 0.25) is 0 Å². The molecule has 2 bridgehead atoms. The lowest BCUT2D eigenvalue weighted by molar-refractivity contribution is 0.0565. The van der Waals surface area contributed by atoms with Crippen LogP contribution in [0.3, 0.4) is 0 Å². The first kappa shape index (κ1) is 11.9. The van der Waals surface area contributed by atoms with Crippen molar-refractivity contribution in [1.82, 2.24) is 0 Å². The first-order valence-electron chi connectivity index (χ1n) is 8.11. The highest BCUT2D eigenvalue weighted by atomic mass is 16.3. The maximum atomic E-state index is 5.65. The minimum Gasteiger partial charge on any atom is -0.472 e. The molecule has 1 saturated carbocycles. The average Bonchev–Trinajstić information content (AvgIpc) is 3.02. The number of para-hydroxylation sites is 1. The molecular formula is C19H21NO. The Labute approximate surface area is 125 Å². The number of piperidine rings is 2. The van der Waals surface area contributed by atoms with Crippen molar-refractivity contribution < 1.29 is 4.42 Å². The summed E-state index contributed by atoms with van der Waals surface area (Å²) in [4.78, 5) is 2.73. The Kier molecular flexibility index (Phi) is 2.01. The standard InChI is InChI=1S/C19H21NO/c1-13-5-3-4-6-17(13)20-14(2)18-7-9-19(20,10-8-18)16-12-21-11-15(16)18/h3-6,11-12,14H,7-10H2,1-2H3. The molecule has 3 fully saturated rings. The van der Waals surface area contributed by atoms with E-state index in [4.69, 9.17) is 4.42 Å². The number of anilines is 1. The van der Waals surface area contributed by atoms with Gasteiger partial charge in [0.05, 0.1) is 18.1 Å². The summed E-state index contributed by atoms with van der Waals surface area (Å²) in [5.74, 6) is 0. The van der Waals surface area contributed by atoms with Crippen molar-refractivity contribution in [2.24, 2.45) is 0 Å². The van der Waals surface area contributed by atoms with Gasteiger partial charge in [0, 0.05) is 28.3 Å². The summed E-state index contributed by atoms with van der Waals surface area (Å²) < 4.78 is 5.65. The van der Waals surface area contributed by atoms with Gasteiger partial charge in [-0.3, -0.25) is 0 Å². The summed E-state index contributed by atoms with van der Waals surface area (Å²) in [6.45, 7) is 4.66. The van der Waals surface area contributed by atoms with Crippen molar-refractivity contribution in [1.29, 1.82) is 0 Å². The van der Waals surface area contributed by atoms with Crippen molar-refractivity contribution >= 4 is 5.69 Å². The summed E-state index contributed by atoms with van der Waals surface area (Å²) >= 11 is 0. The molecule has 1 aromatic heterocycles. The molecule has 0 amide bonds. The summed E-state index contributed by atoms with van der Waals surface area (Å²) in [5.41, 5.74) is 6.27. The van der Waals surface area contributed by atoms with Crippen LogP contribution < -0.4 is 4.90 Å². The zero-order chi connectivity index (χ0) is 14.2. The molecule has 2 nitrogen and oxygen atoms in total. The van der Waals surface area contributed by atoms with Crippen molar-refractivity contribution in [3.05, 3.63) is 53.5 Å². The summed E-state index contributed by atoms with van der Waals surface area (Å²) in [7, 11) is 0. The van der Waals surface area contributed by atoms with E-state index in [2.05, 4.69) is 43.0 Å². The summed E-state index contributed by atoms with van der Waals surface area (Å²) in [5, 5.41) is 0. The minimum atomic E-state index is 0.174. The fourth-order valence-electron chi connectivity index (χ4n) is 5.60. The quantitative estimate of drug-likeness (QED) is 0.763. The van der Waals surface area contributed by atoms with Gasteiger partial charge in [-0.15, -0.1) is 0 Å². The van der Waals surface area contributed by atoms with E-state index in [-0.39, 0.29) is 5.54 Å². The van der Waals surface area contributed by atoms with Crippen LogP contribution in [0, 0.1) is 6.92 Å². The van der Waals surface area contributed by atoms with Gasteiger partial charge >= 0.3 is 0 Å². The molecule has 1 aromatic carbocycles. The van der Waals surface area contributed by atoms with Crippen LogP contribution in [0.4, 0.5) is 5.69 Å². The Morgan fingerprint density at radius 3 is 2.52 bits per heavy atom. The Bertz CT molecular complexity index is 721. The molecule has 2 heteroatoms. The Morgan fingerprint density at radius 2 is 1.76 bits per heavy atom. The van der Waals surface area contributed by atoms with Crippen molar-refractivity contribution in [3.63, 3.8) is 0 Å². The van der Waals surface area contributed by atoms with Crippen LogP contribution >= 0.6 is 0 Å². The molecule has 1 unspecified atom stereocenters. The highest BCUT2D eigenvalue weighted by Gasteiger charge is 2.65. The number of aryl methyl sites for hydroxylation is 1. The number of rotatable bonds is 1. The molecule has 21 heavy (non-hydrogen) atoms. The molecule has 2 aromatic rings. The topological polar surface area (TPSA) is 16.4 Å². The van der Waals surface area contributed by atoms with E-state index in [1.807, 2.05) is 12.5 Å². The summed E-state index contributed by atoms with van der Waals surface area (Å²) in [6.07, 6.45) is 9.26. The highest BCUT2D eigenvalue weighted by Crippen LogP contribution is 2.66. The first-order valence-corrected chi connectivity index (χ1v) is 8.11. The van der Waals surface area contributed by atoms with E-state index in [1.54, 1.807) is 0 Å². The van der Waals surface area contributed by atoms with Crippen molar-refractivity contribution in [3.8, 4) is 0 Å². The largest absolute Gasteiger partial charge is 0.472 e. The minimum absolute atomic E-state index is 0.174. The molecule has 0 N–H and O–H groups in total. The SMILES string of the molecule is Cc1ccccc1N1C(C)C23CCC1(CC2)c1cocc13. The van der Waals surface area contributed by atoms with Crippen LogP contribution in [0.1, 0.15) is 49.3 Å². The van der Waals surface area contributed by atoms with Gasteiger partial charge in [-0.05, 0) is 51.2 Å². The second-order valence-corrected chi connectivity index (χ2v) is 7.22. The van der Waals surface area contributed by atoms with Crippen LogP contribution in [0.5, 0.6) is 0 Å². The predicted octanol–water partition coefficient (Wildman–Crippen LogP) is 4.52. The van der Waals surface area contributed by atoms with Gasteiger partial charge in [0.1, 0.15) is 0 Å². The van der Waals surface area contributed by atoms with E-state index in [0.29, 0.717) is 11.5 Å². The fourth-order valence-corrected chi connectivity index (χ4v) is 5.60. The second-order valence-electron chi connectivity index (χ2n) is 7.22. The molecule has 2 saturated heterocycles. The van der Waals surface area contributed by atoms with Gasteiger partial charge in [0.15, 0.2) is 0 Å². The van der Waals surface area contributed by atoms with Crippen LogP contribution in [-0.2, 0) is 11.0 Å². The Morgan fingerprint density at radius 1 is 1.05 bits per heavy atom. The average molecular weight is 279 g/mol. The molecule has 108 valence electrons. The van der Waals surface area contributed by atoms with Gasteiger partial charge in [-0.2, -0.15) is 0 Å². The van der Waals surface area contributed by atoms with Gasteiger partial charge in [-0.25, -0.2) is 0 Å². The molecule has 4 heterocycles.